The monoisotopic (exact) mass is 249 g/mol. The van der Waals surface area contributed by atoms with Crippen molar-refractivity contribution in [1.82, 2.24) is 0 Å². The molecule has 0 spiro atoms. The van der Waals surface area contributed by atoms with E-state index in [1.54, 1.807) is 7.11 Å². The Balaban J connectivity index is 2.86. The van der Waals surface area contributed by atoms with Crippen LogP contribution in [0.5, 0.6) is 5.75 Å². The van der Waals surface area contributed by atoms with Crippen molar-refractivity contribution < 1.29 is 4.74 Å². The van der Waals surface area contributed by atoms with E-state index >= 15 is 0 Å². The molecule has 0 aliphatic heterocycles. The summed E-state index contributed by atoms with van der Waals surface area (Å²) in [5, 5.41) is 3.48. The fourth-order valence-electron chi connectivity index (χ4n) is 1.81. The first kappa shape index (κ1) is 14.9. The average Bonchev–Trinajstić information content (AvgIpc) is 2.27. The van der Waals surface area contributed by atoms with Crippen LogP contribution in [0.25, 0.3) is 0 Å². The maximum Gasteiger partial charge on any atom is 0.141 e. The second kappa shape index (κ2) is 6.12. The molecule has 0 fully saturated rings. The van der Waals surface area contributed by atoms with Crippen LogP contribution in [0, 0.1) is 5.92 Å². The van der Waals surface area contributed by atoms with Crippen LogP contribution in [-0.2, 0) is 5.41 Å². The van der Waals surface area contributed by atoms with Gasteiger partial charge >= 0.3 is 0 Å². The Labute approximate surface area is 112 Å². The molecule has 0 atom stereocenters. The summed E-state index contributed by atoms with van der Waals surface area (Å²) in [6.07, 6.45) is 1.17. The molecular formula is C16H27NO. The lowest BCUT2D eigenvalue weighted by atomic mass is 9.87. The molecule has 0 aliphatic carbocycles. The van der Waals surface area contributed by atoms with Gasteiger partial charge in [0.15, 0.2) is 0 Å². The molecule has 0 unspecified atom stereocenters. The number of rotatable bonds is 5. The van der Waals surface area contributed by atoms with Crippen molar-refractivity contribution in [2.75, 3.05) is 19.0 Å². The lowest BCUT2D eigenvalue weighted by Crippen LogP contribution is -2.12. The van der Waals surface area contributed by atoms with E-state index in [1.807, 2.05) is 0 Å². The number of hydrogen-bond donors (Lipinski definition) is 1. The first-order valence-electron chi connectivity index (χ1n) is 6.77. The summed E-state index contributed by atoms with van der Waals surface area (Å²) in [7, 11) is 1.72. The quantitative estimate of drug-likeness (QED) is 0.832. The van der Waals surface area contributed by atoms with E-state index in [4.69, 9.17) is 4.74 Å². The Bertz CT molecular complexity index is 377. The lowest BCUT2D eigenvalue weighted by molar-refractivity contribution is 0.415. The molecule has 0 radical (unpaired) electrons. The summed E-state index contributed by atoms with van der Waals surface area (Å²) in [5.41, 5.74) is 2.60. The van der Waals surface area contributed by atoms with Gasteiger partial charge in [-0.1, -0.05) is 40.7 Å². The highest BCUT2D eigenvalue weighted by atomic mass is 16.5. The number of ether oxygens (including phenoxy) is 1. The van der Waals surface area contributed by atoms with Crippen LogP contribution in [0.2, 0.25) is 0 Å². The van der Waals surface area contributed by atoms with E-state index in [-0.39, 0.29) is 5.41 Å². The molecule has 1 rings (SSSR count). The molecule has 1 aromatic rings. The van der Waals surface area contributed by atoms with E-state index in [1.165, 1.54) is 12.0 Å². The fourth-order valence-corrected chi connectivity index (χ4v) is 1.81. The maximum absolute atomic E-state index is 5.41. The third-order valence-electron chi connectivity index (χ3n) is 3.10. The Morgan fingerprint density at radius 2 is 1.89 bits per heavy atom. The third-order valence-corrected chi connectivity index (χ3v) is 3.10. The Kier molecular flexibility index (Phi) is 5.06. The Morgan fingerprint density at radius 3 is 2.39 bits per heavy atom. The van der Waals surface area contributed by atoms with E-state index in [2.05, 4.69) is 58.1 Å². The second-order valence-electron chi connectivity index (χ2n) is 6.27. The normalized spacial score (nSPS) is 11.7. The predicted molar refractivity (Wildman–Crippen MR) is 79.6 cm³/mol. The van der Waals surface area contributed by atoms with Crippen molar-refractivity contribution in [3.05, 3.63) is 23.8 Å². The number of nitrogens with one attached hydrogen (secondary N) is 1. The van der Waals surface area contributed by atoms with Gasteiger partial charge in [-0.2, -0.15) is 0 Å². The molecule has 2 nitrogen and oxygen atoms in total. The molecular weight excluding hydrogens is 222 g/mol. The van der Waals surface area contributed by atoms with Crippen molar-refractivity contribution >= 4 is 5.69 Å². The molecule has 0 heterocycles. The van der Waals surface area contributed by atoms with Gasteiger partial charge in [-0.3, -0.25) is 0 Å². The molecule has 0 aromatic heterocycles. The van der Waals surface area contributed by atoms with E-state index in [0.717, 1.165) is 18.0 Å². The summed E-state index contributed by atoms with van der Waals surface area (Å²) in [6, 6.07) is 6.41. The van der Waals surface area contributed by atoms with Gasteiger partial charge < -0.3 is 10.1 Å². The number of hydrogen-bond acceptors (Lipinski definition) is 2. The van der Waals surface area contributed by atoms with Crippen molar-refractivity contribution in [2.24, 2.45) is 5.92 Å². The Morgan fingerprint density at radius 1 is 1.22 bits per heavy atom. The van der Waals surface area contributed by atoms with Gasteiger partial charge in [-0.15, -0.1) is 0 Å². The van der Waals surface area contributed by atoms with Crippen LogP contribution in [0.4, 0.5) is 5.69 Å². The molecule has 0 bridgehead atoms. The second-order valence-corrected chi connectivity index (χ2v) is 6.27. The molecule has 0 amide bonds. The molecule has 2 heteroatoms. The zero-order valence-corrected chi connectivity index (χ0v) is 12.6. The van der Waals surface area contributed by atoms with Crippen LogP contribution >= 0.6 is 0 Å². The SMILES string of the molecule is COc1ccc(C(C)(C)C)cc1NCCC(C)C. The summed E-state index contributed by atoms with van der Waals surface area (Å²) in [5.74, 6) is 1.64. The number of methoxy groups -OCH3 is 1. The van der Waals surface area contributed by atoms with Crippen molar-refractivity contribution in [3.8, 4) is 5.75 Å². The minimum absolute atomic E-state index is 0.167. The zero-order chi connectivity index (χ0) is 13.8. The largest absolute Gasteiger partial charge is 0.495 e. The minimum atomic E-state index is 0.167. The number of anilines is 1. The molecule has 1 aromatic carbocycles. The fraction of sp³-hybridized carbons (Fsp3) is 0.625. The van der Waals surface area contributed by atoms with Crippen LogP contribution in [0.15, 0.2) is 18.2 Å². The van der Waals surface area contributed by atoms with Gasteiger partial charge in [-0.25, -0.2) is 0 Å². The van der Waals surface area contributed by atoms with E-state index < -0.39 is 0 Å². The van der Waals surface area contributed by atoms with Gasteiger partial charge in [0.05, 0.1) is 12.8 Å². The number of benzene rings is 1. The highest BCUT2D eigenvalue weighted by molar-refractivity contribution is 5.59. The molecule has 102 valence electrons. The minimum Gasteiger partial charge on any atom is -0.495 e. The average molecular weight is 249 g/mol. The van der Waals surface area contributed by atoms with Gasteiger partial charge in [0.1, 0.15) is 5.75 Å². The summed E-state index contributed by atoms with van der Waals surface area (Å²) < 4.78 is 5.41. The van der Waals surface area contributed by atoms with E-state index in [9.17, 15) is 0 Å². The van der Waals surface area contributed by atoms with Crippen molar-refractivity contribution in [3.63, 3.8) is 0 Å². The predicted octanol–water partition coefficient (Wildman–Crippen LogP) is 4.45. The first-order valence-corrected chi connectivity index (χ1v) is 6.77. The lowest BCUT2D eigenvalue weighted by Gasteiger charge is -2.21. The molecule has 1 N–H and O–H groups in total. The molecule has 0 aliphatic rings. The van der Waals surface area contributed by atoms with Gasteiger partial charge in [-0.05, 0) is 35.4 Å². The van der Waals surface area contributed by atoms with Crippen LogP contribution in [0.1, 0.15) is 46.6 Å². The van der Waals surface area contributed by atoms with Crippen molar-refractivity contribution in [1.29, 1.82) is 0 Å². The topological polar surface area (TPSA) is 21.3 Å². The third kappa shape index (κ3) is 4.25. The molecule has 0 saturated heterocycles. The van der Waals surface area contributed by atoms with Crippen molar-refractivity contribution in [2.45, 2.75) is 46.5 Å². The van der Waals surface area contributed by atoms with E-state index in [0.29, 0.717) is 5.92 Å². The van der Waals surface area contributed by atoms with Gasteiger partial charge in [0.2, 0.25) is 0 Å². The van der Waals surface area contributed by atoms with Gasteiger partial charge in [0, 0.05) is 6.54 Å². The van der Waals surface area contributed by atoms with Gasteiger partial charge in [0.25, 0.3) is 0 Å². The first-order chi connectivity index (χ1) is 8.34. The highest BCUT2D eigenvalue weighted by Gasteiger charge is 2.15. The van der Waals surface area contributed by atoms with Crippen LogP contribution in [-0.4, -0.2) is 13.7 Å². The van der Waals surface area contributed by atoms with Crippen LogP contribution in [0.3, 0.4) is 0 Å². The van der Waals surface area contributed by atoms with Crippen LogP contribution < -0.4 is 10.1 Å². The summed E-state index contributed by atoms with van der Waals surface area (Å²) in [4.78, 5) is 0. The standard InChI is InChI=1S/C16H27NO/c1-12(2)9-10-17-14-11-13(16(3,4)5)7-8-15(14)18-6/h7-8,11-12,17H,9-10H2,1-6H3. The summed E-state index contributed by atoms with van der Waals surface area (Å²) in [6.45, 7) is 12.2. The smallest absolute Gasteiger partial charge is 0.141 e. The molecule has 0 saturated carbocycles. The molecule has 18 heavy (non-hydrogen) atoms. The summed E-state index contributed by atoms with van der Waals surface area (Å²) >= 11 is 0. The Hall–Kier alpha value is -1.18. The zero-order valence-electron chi connectivity index (χ0n) is 12.6. The highest BCUT2D eigenvalue weighted by Crippen LogP contribution is 2.31. The maximum atomic E-state index is 5.41.